The number of nitrogens with one attached hydrogen (secondary N) is 1. The molecular formula is C24H24F3N3O5. The summed E-state index contributed by atoms with van der Waals surface area (Å²) in [5.74, 6) is -2.70. The second-order valence-electron chi connectivity index (χ2n) is 8.52. The number of alkyl halides is 3. The van der Waals surface area contributed by atoms with E-state index in [9.17, 15) is 18.0 Å². The van der Waals surface area contributed by atoms with E-state index >= 15 is 0 Å². The lowest BCUT2D eigenvalue weighted by Crippen LogP contribution is -2.67. The second-order valence-corrected chi connectivity index (χ2v) is 8.52. The molecule has 4 heterocycles. The molecule has 8 nitrogen and oxygen atoms in total. The molecule has 2 saturated heterocycles. The van der Waals surface area contributed by atoms with Gasteiger partial charge in [-0.05, 0) is 30.2 Å². The molecule has 35 heavy (non-hydrogen) atoms. The maximum atomic E-state index is 12.9. The van der Waals surface area contributed by atoms with Gasteiger partial charge in [0.25, 0.3) is 5.91 Å². The number of carbonyl (C=O) groups excluding carboxylic acids is 1. The number of benzene rings is 1. The number of aromatic amines is 1. The van der Waals surface area contributed by atoms with E-state index in [0.717, 1.165) is 34.9 Å². The first-order valence-corrected chi connectivity index (χ1v) is 11.0. The lowest BCUT2D eigenvalue weighted by molar-refractivity contribution is -0.192. The van der Waals surface area contributed by atoms with Crippen LogP contribution in [0.4, 0.5) is 13.2 Å². The molecule has 2 aliphatic heterocycles. The van der Waals surface area contributed by atoms with E-state index < -0.39 is 12.1 Å². The molecule has 0 bridgehead atoms. The summed E-state index contributed by atoms with van der Waals surface area (Å²) >= 11 is 0. The Labute approximate surface area is 198 Å². The molecule has 11 heteroatoms. The zero-order valence-corrected chi connectivity index (χ0v) is 18.6. The van der Waals surface area contributed by atoms with E-state index in [0.29, 0.717) is 26.3 Å². The topological polar surface area (TPSA) is 105 Å². The molecule has 0 aliphatic carbocycles. The van der Waals surface area contributed by atoms with Crippen LogP contribution < -0.4 is 0 Å². The number of carbonyl (C=O) groups is 2. The van der Waals surface area contributed by atoms with E-state index in [1.165, 1.54) is 0 Å². The normalized spacial score (nSPS) is 19.1. The molecule has 2 fully saturated rings. The number of hydrogen-bond donors (Lipinski definition) is 2. The highest BCUT2D eigenvalue weighted by atomic mass is 19.4. The van der Waals surface area contributed by atoms with Gasteiger partial charge in [-0.2, -0.15) is 13.2 Å². The molecule has 2 aromatic heterocycles. The molecule has 0 saturated carbocycles. The van der Waals surface area contributed by atoms with E-state index in [2.05, 4.69) is 9.97 Å². The Morgan fingerprint density at radius 2 is 1.89 bits per heavy atom. The number of aromatic nitrogens is 2. The average molecular weight is 491 g/mol. The molecule has 2 aliphatic rings. The third-order valence-corrected chi connectivity index (χ3v) is 5.99. The number of amides is 1. The maximum absolute atomic E-state index is 12.9. The van der Waals surface area contributed by atoms with Gasteiger partial charge in [0.15, 0.2) is 0 Å². The minimum absolute atomic E-state index is 0.0616. The van der Waals surface area contributed by atoms with Crippen molar-refractivity contribution in [2.75, 3.05) is 19.7 Å². The quantitative estimate of drug-likeness (QED) is 0.576. The SMILES string of the molecule is O=C(O)C(F)(F)F.O=C(c1c[nH]c2ccccc12)N1CC2(CC(OCc3ccncc3)CCO2)C1. The van der Waals surface area contributed by atoms with Gasteiger partial charge in [-0.1, -0.05) is 18.2 Å². The Morgan fingerprint density at radius 1 is 1.20 bits per heavy atom. The highest BCUT2D eigenvalue weighted by Gasteiger charge is 2.50. The number of para-hydroxylation sites is 1. The Morgan fingerprint density at radius 3 is 2.57 bits per heavy atom. The van der Waals surface area contributed by atoms with Crippen molar-refractivity contribution in [2.24, 2.45) is 0 Å². The van der Waals surface area contributed by atoms with Crippen LogP contribution in [0.25, 0.3) is 10.9 Å². The smallest absolute Gasteiger partial charge is 0.475 e. The fourth-order valence-electron chi connectivity index (χ4n) is 4.25. The monoisotopic (exact) mass is 491 g/mol. The summed E-state index contributed by atoms with van der Waals surface area (Å²) in [6.45, 7) is 2.51. The van der Waals surface area contributed by atoms with E-state index in [1.54, 1.807) is 18.6 Å². The van der Waals surface area contributed by atoms with Crippen LogP contribution in [0.1, 0.15) is 28.8 Å². The molecule has 0 radical (unpaired) electrons. The fraction of sp³-hybridized carbons (Fsp3) is 0.375. The Kier molecular flexibility index (Phi) is 7.08. The molecule has 2 N–H and O–H groups in total. The van der Waals surface area contributed by atoms with E-state index in [1.807, 2.05) is 41.3 Å². The Balaban J connectivity index is 0.000000364. The first-order valence-electron chi connectivity index (χ1n) is 11.0. The van der Waals surface area contributed by atoms with Crippen LogP contribution >= 0.6 is 0 Å². The summed E-state index contributed by atoms with van der Waals surface area (Å²) in [4.78, 5) is 30.9. The van der Waals surface area contributed by atoms with Crippen LogP contribution in [-0.4, -0.2) is 69.4 Å². The number of likely N-dealkylation sites (tertiary alicyclic amines) is 1. The highest BCUT2D eigenvalue weighted by Crippen LogP contribution is 2.37. The second kappa shape index (κ2) is 10.0. The van der Waals surface area contributed by atoms with Crippen molar-refractivity contribution in [3.63, 3.8) is 0 Å². The lowest BCUT2D eigenvalue weighted by Gasteiger charge is -2.53. The number of hydrogen-bond acceptors (Lipinski definition) is 5. The zero-order chi connectivity index (χ0) is 25.1. The third kappa shape index (κ3) is 5.80. The van der Waals surface area contributed by atoms with Gasteiger partial charge in [0.1, 0.15) is 5.60 Å². The average Bonchev–Trinajstić information content (AvgIpc) is 3.26. The molecule has 5 rings (SSSR count). The Hall–Kier alpha value is -3.44. The molecular weight excluding hydrogens is 467 g/mol. The summed E-state index contributed by atoms with van der Waals surface area (Å²) in [6, 6.07) is 11.8. The van der Waals surface area contributed by atoms with Crippen molar-refractivity contribution < 1.29 is 37.3 Å². The van der Waals surface area contributed by atoms with Crippen LogP contribution in [0.3, 0.4) is 0 Å². The third-order valence-electron chi connectivity index (χ3n) is 5.99. The van der Waals surface area contributed by atoms with Crippen LogP contribution in [-0.2, 0) is 20.9 Å². The van der Waals surface area contributed by atoms with Crippen molar-refractivity contribution >= 4 is 22.8 Å². The first-order chi connectivity index (χ1) is 16.7. The van der Waals surface area contributed by atoms with E-state index in [4.69, 9.17) is 19.4 Å². The number of aliphatic carboxylic acids is 1. The van der Waals surface area contributed by atoms with Crippen LogP contribution in [0.15, 0.2) is 55.0 Å². The molecule has 1 spiro atoms. The van der Waals surface area contributed by atoms with Gasteiger partial charge in [0.2, 0.25) is 0 Å². The van der Waals surface area contributed by atoms with Crippen molar-refractivity contribution in [1.29, 1.82) is 0 Å². The minimum Gasteiger partial charge on any atom is -0.475 e. The number of fused-ring (bicyclic) bond motifs is 1. The number of halogens is 3. The van der Waals surface area contributed by atoms with Crippen LogP contribution in [0.5, 0.6) is 0 Å². The van der Waals surface area contributed by atoms with Gasteiger partial charge < -0.3 is 24.5 Å². The molecule has 1 aromatic carbocycles. The summed E-state index contributed by atoms with van der Waals surface area (Å²) < 4.78 is 43.9. The predicted octanol–water partition coefficient (Wildman–Crippen LogP) is 3.79. The maximum Gasteiger partial charge on any atom is 0.490 e. The van der Waals surface area contributed by atoms with Gasteiger partial charge in [-0.15, -0.1) is 0 Å². The van der Waals surface area contributed by atoms with Crippen molar-refractivity contribution in [3.05, 3.63) is 66.1 Å². The molecule has 1 unspecified atom stereocenters. The van der Waals surface area contributed by atoms with Gasteiger partial charge in [0, 0.05) is 42.5 Å². The number of carboxylic acid groups (broad SMARTS) is 1. The van der Waals surface area contributed by atoms with Crippen molar-refractivity contribution in [2.45, 2.75) is 37.3 Å². The molecule has 1 amide bonds. The highest BCUT2D eigenvalue weighted by molar-refractivity contribution is 6.07. The Bertz CT molecular complexity index is 1180. The largest absolute Gasteiger partial charge is 0.490 e. The number of pyridine rings is 1. The zero-order valence-electron chi connectivity index (χ0n) is 18.6. The fourth-order valence-corrected chi connectivity index (χ4v) is 4.25. The summed E-state index contributed by atoms with van der Waals surface area (Å²) in [7, 11) is 0. The van der Waals surface area contributed by atoms with Gasteiger partial charge >= 0.3 is 12.1 Å². The van der Waals surface area contributed by atoms with Crippen molar-refractivity contribution in [1.82, 2.24) is 14.9 Å². The number of carboxylic acids is 1. The molecule has 1 atom stereocenters. The lowest BCUT2D eigenvalue weighted by atomic mass is 9.84. The molecule has 3 aromatic rings. The number of rotatable bonds is 4. The minimum atomic E-state index is -5.08. The van der Waals surface area contributed by atoms with Gasteiger partial charge in [0.05, 0.1) is 31.4 Å². The van der Waals surface area contributed by atoms with E-state index in [-0.39, 0.29) is 17.6 Å². The standard InChI is InChI=1S/C22H23N3O3.C2HF3O2/c26-21(19-12-24-20-4-2-1-3-18(19)20)25-14-22(15-25)11-17(7-10-28-22)27-13-16-5-8-23-9-6-16;3-2(4,5)1(6)7/h1-6,8-9,12,17,24H,7,10-11,13-15H2;(H,6,7). The summed E-state index contributed by atoms with van der Waals surface area (Å²) in [6.07, 6.45) is 2.17. The summed E-state index contributed by atoms with van der Waals surface area (Å²) in [5.41, 5.74) is 2.58. The number of nitrogens with zero attached hydrogens (tertiary/aromatic N) is 2. The van der Waals surface area contributed by atoms with Crippen molar-refractivity contribution in [3.8, 4) is 0 Å². The number of ether oxygens (including phenoxy) is 2. The summed E-state index contributed by atoms with van der Waals surface area (Å²) in [5, 5.41) is 8.09. The molecule has 186 valence electrons. The van der Waals surface area contributed by atoms with Crippen LogP contribution in [0.2, 0.25) is 0 Å². The van der Waals surface area contributed by atoms with Gasteiger partial charge in [-0.25, -0.2) is 4.79 Å². The van der Waals surface area contributed by atoms with Gasteiger partial charge in [-0.3, -0.25) is 9.78 Å². The predicted molar refractivity (Wildman–Crippen MR) is 119 cm³/mol. The van der Waals surface area contributed by atoms with Crippen LogP contribution in [0, 0.1) is 0 Å². The first kappa shape index (κ1) is 24.7. The number of H-pyrrole nitrogens is 1.